The molecule has 0 atom stereocenters. The number of thioether (sulfide) groups is 1. The molecule has 0 amide bonds. The van der Waals surface area contributed by atoms with Gasteiger partial charge in [0.05, 0.1) is 11.6 Å². The molecule has 0 spiro atoms. The molecule has 0 aliphatic rings. The fraction of sp³-hybridized carbons (Fsp3) is 0.357. The monoisotopic (exact) mass is 304 g/mol. The summed E-state index contributed by atoms with van der Waals surface area (Å²) < 4.78 is 0.959. The Kier molecular flexibility index (Phi) is 5.39. The molecule has 1 N–H and O–H groups in total. The average molecular weight is 304 g/mol. The van der Waals surface area contributed by atoms with Crippen LogP contribution in [0, 0.1) is 17.2 Å². The number of nitriles is 1. The molecule has 20 heavy (non-hydrogen) atoms. The van der Waals surface area contributed by atoms with Gasteiger partial charge in [-0.05, 0) is 23.6 Å². The molecule has 2 rings (SSSR count). The molecule has 0 unspecified atom stereocenters. The molecule has 0 aliphatic carbocycles. The van der Waals surface area contributed by atoms with Gasteiger partial charge in [-0.15, -0.1) is 10.2 Å². The van der Waals surface area contributed by atoms with Crippen LogP contribution in [-0.4, -0.2) is 16.7 Å². The van der Waals surface area contributed by atoms with Crippen molar-refractivity contribution < 1.29 is 0 Å². The summed E-state index contributed by atoms with van der Waals surface area (Å²) >= 11 is 3.24. The van der Waals surface area contributed by atoms with Crippen molar-refractivity contribution in [3.63, 3.8) is 0 Å². The van der Waals surface area contributed by atoms with Gasteiger partial charge in [-0.3, -0.25) is 0 Å². The van der Waals surface area contributed by atoms with Crippen LogP contribution in [0.25, 0.3) is 0 Å². The van der Waals surface area contributed by atoms with E-state index in [2.05, 4.69) is 35.4 Å². The quantitative estimate of drug-likeness (QED) is 0.823. The summed E-state index contributed by atoms with van der Waals surface area (Å²) in [5.74, 6) is 1.43. The highest BCUT2D eigenvalue weighted by Crippen LogP contribution is 2.28. The number of rotatable bonds is 6. The fourth-order valence-electron chi connectivity index (χ4n) is 1.45. The summed E-state index contributed by atoms with van der Waals surface area (Å²) in [6.07, 6.45) is 0. The lowest BCUT2D eigenvalue weighted by Crippen LogP contribution is -2.07. The van der Waals surface area contributed by atoms with Crippen LogP contribution in [-0.2, 0) is 5.75 Å². The third-order valence-electron chi connectivity index (χ3n) is 2.51. The molecule has 104 valence electrons. The van der Waals surface area contributed by atoms with Gasteiger partial charge in [0.2, 0.25) is 5.13 Å². The van der Waals surface area contributed by atoms with Crippen molar-refractivity contribution in [3.05, 3.63) is 35.4 Å². The zero-order valence-corrected chi connectivity index (χ0v) is 13.1. The second kappa shape index (κ2) is 7.27. The topological polar surface area (TPSA) is 61.6 Å². The summed E-state index contributed by atoms with van der Waals surface area (Å²) in [6, 6.07) is 9.75. The number of hydrogen-bond acceptors (Lipinski definition) is 6. The Morgan fingerprint density at radius 3 is 2.70 bits per heavy atom. The molecule has 0 aliphatic heterocycles. The van der Waals surface area contributed by atoms with Crippen molar-refractivity contribution in [1.29, 1.82) is 5.26 Å². The van der Waals surface area contributed by atoms with Gasteiger partial charge in [0, 0.05) is 12.3 Å². The number of aromatic nitrogens is 2. The minimum atomic E-state index is 0.591. The van der Waals surface area contributed by atoms with E-state index in [0.717, 1.165) is 21.8 Å². The average Bonchev–Trinajstić information content (AvgIpc) is 2.91. The molecule has 0 bridgehead atoms. The Bertz CT molecular complexity index is 584. The van der Waals surface area contributed by atoms with Gasteiger partial charge >= 0.3 is 0 Å². The number of anilines is 1. The largest absolute Gasteiger partial charge is 0.360 e. The maximum atomic E-state index is 8.75. The summed E-state index contributed by atoms with van der Waals surface area (Å²) in [7, 11) is 0. The highest BCUT2D eigenvalue weighted by molar-refractivity contribution is 8.00. The van der Waals surface area contributed by atoms with Crippen LogP contribution in [0.5, 0.6) is 0 Å². The summed E-state index contributed by atoms with van der Waals surface area (Å²) in [4.78, 5) is 0. The van der Waals surface area contributed by atoms with E-state index >= 15 is 0 Å². The molecule has 1 aromatic heterocycles. The van der Waals surface area contributed by atoms with Gasteiger partial charge < -0.3 is 5.32 Å². The Balaban J connectivity index is 1.86. The summed E-state index contributed by atoms with van der Waals surface area (Å²) in [5, 5.41) is 21.2. The van der Waals surface area contributed by atoms with E-state index in [1.54, 1.807) is 23.1 Å². The van der Waals surface area contributed by atoms with E-state index in [4.69, 9.17) is 5.26 Å². The molecule has 4 nitrogen and oxygen atoms in total. The SMILES string of the molecule is CC(C)CNc1nnc(SCc2ccc(C#N)cc2)s1. The molecule has 6 heteroatoms. The lowest BCUT2D eigenvalue weighted by molar-refractivity contribution is 0.687. The van der Waals surface area contributed by atoms with Gasteiger partial charge in [-0.25, -0.2) is 0 Å². The molecule has 1 aromatic carbocycles. The van der Waals surface area contributed by atoms with Crippen LogP contribution in [0.4, 0.5) is 5.13 Å². The zero-order valence-electron chi connectivity index (χ0n) is 11.5. The maximum absolute atomic E-state index is 8.75. The molecule has 0 saturated carbocycles. The first-order valence-electron chi connectivity index (χ1n) is 6.36. The number of nitrogens with zero attached hydrogens (tertiary/aromatic N) is 3. The highest BCUT2D eigenvalue weighted by atomic mass is 32.2. The standard InChI is InChI=1S/C14H16N4S2/c1-10(2)8-16-13-17-18-14(20-13)19-9-12-5-3-11(7-15)4-6-12/h3-6,10H,8-9H2,1-2H3,(H,16,17). The Labute approximate surface area is 127 Å². The fourth-order valence-corrected chi connectivity index (χ4v) is 3.17. The molecule has 0 saturated heterocycles. The lowest BCUT2D eigenvalue weighted by atomic mass is 10.2. The van der Waals surface area contributed by atoms with E-state index < -0.39 is 0 Å². The number of hydrogen-bond donors (Lipinski definition) is 1. The maximum Gasteiger partial charge on any atom is 0.206 e. The van der Waals surface area contributed by atoms with E-state index in [9.17, 15) is 0 Å². The Hall–Kier alpha value is -1.58. The second-order valence-electron chi connectivity index (χ2n) is 4.75. The van der Waals surface area contributed by atoms with Gasteiger partial charge in [-0.2, -0.15) is 5.26 Å². The molecular weight excluding hydrogens is 288 g/mol. The van der Waals surface area contributed by atoms with Crippen LogP contribution in [0.15, 0.2) is 28.6 Å². The number of nitrogens with one attached hydrogen (secondary N) is 1. The van der Waals surface area contributed by atoms with Crippen LogP contribution in [0.2, 0.25) is 0 Å². The van der Waals surface area contributed by atoms with Crippen molar-refractivity contribution >= 4 is 28.2 Å². The van der Waals surface area contributed by atoms with E-state index in [1.807, 2.05) is 24.3 Å². The smallest absolute Gasteiger partial charge is 0.206 e. The van der Waals surface area contributed by atoms with Crippen LogP contribution in [0.3, 0.4) is 0 Å². The molecule has 0 radical (unpaired) electrons. The van der Waals surface area contributed by atoms with Gasteiger partial charge in [0.1, 0.15) is 0 Å². The predicted molar refractivity (Wildman–Crippen MR) is 84.0 cm³/mol. The summed E-state index contributed by atoms with van der Waals surface area (Å²) in [5.41, 5.74) is 1.87. The molecule has 0 fully saturated rings. The minimum Gasteiger partial charge on any atom is -0.360 e. The summed E-state index contributed by atoms with van der Waals surface area (Å²) in [6.45, 7) is 5.23. The first-order valence-corrected chi connectivity index (χ1v) is 8.17. The predicted octanol–water partition coefficient (Wildman–Crippen LogP) is 3.77. The van der Waals surface area contributed by atoms with Crippen LogP contribution in [0.1, 0.15) is 25.0 Å². The van der Waals surface area contributed by atoms with Crippen LogP contribution >= 0.6 is 23.1 Å². The van der Waals surface area contributed by atoms with Crippen molar-refractivity contribution in [1.82, 2.24) is 10.2 Å². The third kappa shape index (κ3) is 4.51. The van der Waals surface area contributed by atoms with Crippen molar-refractivity contribution in [2.75, 3.05) is 11.9 Å². The van der Waals surface area contributed by atoms with Gasteiger partial charge in [-0.1, -0.05) is 49.1 Å². The van der Waals surface area contributed by atoms with E-state index in [0.29, 0.717) is 11.5 Å². The second-order valence-corrected chi connectivity index (χ2v) is 6.95. The molecular formula is C14H16N4S2. The third-order valence-corrected chi connectivity index (χ3v) is 4.60. The van der Waals surface area contributed by atoms with Crippen molar-refractivity contribution in [3.8, 4) is 6.07 Å². The number of benzene rings is 1. The zero-order chi connectivity index (χ0) is 14.4. The normalized spacial score (nSPS) is 10.5. The molecule has 2 aromatic rings. The lowest BCUT2D eigenvalue weighted by Gasteiger charge is -2.03. The minimum absolute atomic E-state index is 0.591. The van der Waals surface area contributed by atoms with Crippen molar-refractivity contribution in [2.45, 2.75) is 23.9 Å². The first kappa shape index (κ1) is 14.8. The van der Waals surface area contributed by atoms with Gasteiger partial charge in [0.25, 0.3) is 0 Å². The highest BCUT2D eigenvalue weighted by Gasteiger charge is 2.05. The molecule has 1 heterocycles. The van der Waals surface area contributed by atoms with Gasteiger partial charge in [0.15, 0.2) is 4.34 Å². The first-order chi connectivity index (χ1) is 9.67. The van der Waals surface area contributed by atoms with Crippen LogP contribution < -0.4 is 5.32 Å². The van der Waals surface area contributed by atoms with E-state index in [1.165, 1.54) is 5.56 Å². The Morgan fingerprint density at radius 1 is 1.30 bits per heavy atom. The van der Waals surface area contributed by atoms with Crippen molar-refractivity contribution in [2.24, 2.45) is 5.92 Å². The van der Waals surface area contributed by atoms with E-state index in [-0.39, 0.29) is 0 Å². The Morgan fingerprint density at radius 2 is 2.05 bits per heavy atom.